The summed E-state index contributed by atoms with van der Waals surface area (Å²) in [4.78, 5) is 12.3. The average Bonchev–Trinajstić information content (AvgIpc) is 2.24. The van der Waals surface area contributed by atoms with E-state index in [0.29, 0.717) is 5.92 Å². The highest BCUT2D eigenvalue weighted by Crippen LogP contribution is 2.33. The van der Waals surface area contributed by atoms with Crippen LogP contribution >= 0.6 is 0 Å². The summed E-state index contributed by atoms with van der Waals surface area (Å²) in [5, 5.41) is 0. The molecule has 14 heavy (non-hydrogen) atoms. The van der Waals surface area contributed by atoms with Crippen LogP contribution in [0.5, 0.6) is 0 Å². The first-order valence-corrected chi connectivity index (χ1v) is 4.72. The Labute approximate surface area is 83.6 Å². The fraction of sp³-hybridized carbons (Fsp3) is 0.364. The summed E-state index contributed by atoms with van der Waals surface area (Å²) in [5.41, 5.74) is -0.0995. The van der Waals surface area contributed by atoms with Crippen LogP contribution in [0.25, 0.3) is 0 Å². The van der Waals surface area contributed by atoms with Crippen LogP contribution in [0.4, 0.5) is 0 Å². The summed E-state index contributed by atoms with van der Waals surface area (Å²) in [7, 11) is 0. The zero-order chi connectivity index (χ0) is 10.0. The van der Waals surface area contributed by atoms with Crippen molar-refractivity contribution in [3.8, 4) is 0 Å². The summed E-state index contributed by atoms with van der Waals surface area (Å²) in [6.07, 6.45) is 11.5. The van der Waals surface area contributed by atoms with Crippen LogP contribution in [0.3, 0.4) is 0 Å². The quantitative estimate of drug-likeness (QED) is 0.674. The molecule has 1 aliphatic carbocycles. The zero-order valence-corrected chi connectivity index (χ0v) is 8.38. The predicted molar refractivity (Wildman–Crippen MR) is 54.6 cm³/mol. The van der Waals surface area contributed by atoms with Gasteiger partial charge in [-0.25, -0.2) is 15.0 Å². The van der Waals surface area contributed by atoms with Crippen molar-refractivity contribution in [3.05, 3.63) is 42.8 Å². The highest BCUT2D eigenvalue weighted by atomic mass is 15.0. The van der Waals surface area contributed by atoms with Gasteiger partial charge in [0.25, 0.3) is 0 Å². The number of rotatable bonds is 1. The van der Waals surface area contributed by atoms with E-state index in [1.54, 1.807) is 12.7 Å². The first-order valence-electron chi connectivity index (χ1n) is 4.72. The first-order chi connectivity index (χ1) is 6.73. The maximum absolute atomic E-state index is 4.22. The lowest BCUT2D eigenvalue weighted by Crippen LogP contribution is -2.30. The lowest BCUT2D eigenvalue weighted by molar-refractivity contribution is 0.430. The lowest BCUT2D eigenvalue weighted by atomic mass is 9.75. The fourth-order valence-electron chi connectivity index (χ4n) is 1.63. The summed E-state index contributed by atoms with van der Waals surface area (Å²) >= 11 is 0. The normalized spacial score (nSPS) is 30.6. The number of hydrogen-bond donors (Lipinski definition) is 0. The van der Waals surface area contributed by atoms with Gasteiger partial charge in [-0.1, -0.05) is 31.2 Å². The fourth-order valence-corrected chi connectivity index (χ4v) is 1.63. The van der Waals surface area contributed by atoms with Gasteiger partial charge < -0.3 is 0 Å². The molecule has 1 aromatic rings. The molecule has 0 saturated heterocycles. The van der Waals surface area contributed by atoms with E-state index < -0.39 is 0 Å². The smallest absolute Gasteiger partial charge is 0.142 e. The van der Waals surface area contributed by atoms with Gasteiger partial charge in [0, 0.05) is 0 Å². The van der Waals surface area contributed by atoms with Crippen molar-refractivity contribution in [2.75, 3.05) is 0 Å². The van der Waals surface area contributed by atoms with Crippen LogP contribution in [0.2, 0.25) is 0 Å². The predicted octanol–water partition coefficient (Wildman–Crippen LogP) is 1.89. The third-order valence-electron chi connectivity index (χ3n) is 2.87. The minimum absolute atomic E-state index is 0.0995. The van der Waals surface area contributed by atoms with E-state index in [4.69, 9.17) is 0 Å². The number of allylic oxidation sites excluding steroid dienone is 4. The molecule has 1 heterocycles. The molecule has 2 atom stereocenters. The molecule has 0 bridgehead atoms. The number of nitrogens with zero attached hydrogens (tertiary/aromatic N) is 3. The van der Waals surface area contributed by atoms with Gasteiger partial charge >= 0.3 is 0 Å². The van der Waals surface area contributed by atoms with Crippen LogP contribution in [0.15, 0.2) is 37.0 Å². The highest BCUT2D eigenvalue weighted by Gasteiger charge is 2.32. The molecule has 1 aromatic heterocycles. The van der Waals surface area contributed by atoms with Gasteiger partial charge in [0.2, 0.25) is 0 Å². The monoisotopic (exact) mass is 187 g/mol. The molecule has 0 aliphatic heterocycles. The highest BCUT2D eigenvalue weighted by molar-refractivity contribution is 5.28. The Bertz CT molecular complexity index is 369. The Kier molecular flexibility index (Phi) is 2.15. The number of hydrogen-bond acceptors (Lipinski definition) is 3. The molecule has 2 rings (SSSR count). The van der Waals surface area contributed by atoms with E-state index in [-0.39, 0.29) is 5.41 Å². The Balaban J connectivity index is 2.42. The van der Waals surface area contributed by atoms with E-state index in [2.05, 4.69) is 47.0 Å². The minimum atomic E-state index is -0.0995. The second-order valence-electron chi connectivity index (χ2n) is 3.78. The topological polar surface area (TPSA) is 38.7 Å². The minimum Gasteiger partial charge on any atom is -0.225 e. The summed E-state index contributed by atoms with van der Waals surface area (Å²) < 4.78 is 0. The van der Waals surface area contributed by atoms with Crippen molar-refractivity contribution in [1.29, 1.82) is 0 Å². The molecule has 0 amide bonds. The van der Waals surface area contributed by atoms with Crippen molar-refractivity contribution < 1.29 is 0 Å². The Morgan fingerprint density at radius 1 is 1.21 bits per heavy atom. The van der Waals surface area contributed by atoms with E-state index in [9.17, 15) is 0 Å². The zero-order valence-electron chi connectivity index (χ0n) is 8.38. The van der Waals surface area contributed by atoms with Crippen molar-refractivity contribution in [2.24, 2.45) is 5.92 Å². The molecule has 3 nitrogen and oxygen atoms in total. The van der Waals surface area contributed by atoms with Crippen LogP contribution in [-0.2, 0) is 5.41 Å². The van der Waals surface area contributed by atoms with Gasteiger partial charge in [0.15, 0.2) is 0 Å². The summed E-state index contributed by atoms with van der Waals surface area (Å²) in [6, 6.07) is 0. The van der Waals surface area contributed by atoms with Gasteiger partial charge in [-0.15, -0.1) is 0 Å². The Morgan fingerprint density at radius 3 is 2.57 bits per heavy atom. The Morgan fingerprint density at radius 2 is 1.93 bits per heavy atom. The van der Waals surface area contributed by atoms with Crippen molar-refractivity contribution in [3.63, 3.8) is 0 Å². The summed E-state index contributed by atoms with van der Waals surface area (Å²) in [6.45, 7) is 4.32. The van der Waals surface area contributed by atoms with E-state index in [1.165, 1.54) is 0 Å². The second-order valence-corrected chi connectivity index (χ2v) is 3.78. The van der Waals surface area contributed by atoms with Gasteiger partial charge in [0.05, 0.1) is 5.41 Å². The molecule has 0 aromatic carbocycles. The summed E-state index contributed by atoms with van der Waals surface area (Å²) in [5.74, 6) is 1.25. The SMILES string of the molecule is CC1C=CC=CC1(C)c1ncncn1. The standard InChI is InChI=1S/C11H13N3/c1-9-5-3-4-6-11(9,2)10-13-7-12-8-14-10/h3-9H,1-2H3. The molecule has 0 radical (unpaired) electrons. The van der Waals surface area contributed by atoms with Crippen molar-refractivity contribution in [1.82, 2.24) is 15.0 Å². The lowest BCUT2D eigenvalue weighted by Gasteiger charge is -2.30. The average molecular weight is 187 g/mol. The van der Waals surface area contributed by atoms with Crippen LogP contribution in [0, 0.1) is 5.92 Å². The molecule has 0 fully saturated rings. The molecule has 1 aliphatic rings. The van der Waals surface area contributed by atoms with Crippen LogP contribution in [-0.4, -0.2) is 15.0 Å². The number of aromatic nitrogens is 3. The van der Waals surface area contributed by atoms with Crippen LogP contribution in [0.1, 0.15) is 19.7 Å². The Hall–Kier alpha value is -1.51. The first kappa shape index (κ1) is 9.06. The molecule has 0 saturated carbocycles. The third-order valence-corrected chi connectivity index (χ3v) is 2.87. The molecule has 0 spiro atoms. The maximum atomic E-state index is 4.22. The van der Waals surface area contributed by atoms with Crippen LogP contribution < -0.4 is 0 Å². The van der Waals surface area contributed by atoms with E-state index in [1.807, 2.05) is 6.08 Å². The molecule has 72 valence electrons. The second kappa shape index (κ2) is 3.33. The van der Waals surface area contributed by atoms with E-state index >= 15 is 0 Å². The van der Waals surface area contributed by atoms with Gasteiger partial charge in [-0.3, -0.25) is 0 Å². The maximum Gasteiger partial charge on any atom is 0.142 e. The van der Waals surface area contributed by atoms with Crippen molar-refractivity contribution >= 4 is 0 Å². The van der Waals surface area contributed by atoms with Gasteiger partial charge in [-0.2, -0.15) is 0 Å². The largest absolute Gasteiger partial charge is 0.225 e. The van der Waals surface area contributed by atoms with Gasteiger partial charge in [-0.05, 0) is 12.8 Å². The molecule has 0 N–H and O–H groups in total. The molecule has 2 unspecified atom stereocenters. The van der Waals surface area contributed by atoms with E-state index in [0.717, 1.165) is 5.82 Å². The molecular formula is C11H13N3. The van der Waals surface area contributed by atoms with Gasteiger partial charge in [0.1, 0.15) is 18.5 Å². The van der Waals surface area contributed by atoms with Crippen molar-refractivity contribution in [2.45, 2.75) is 19.3 Å². The molecular weight excluding hydrogens is 174 g/mol. The molecule has 3 heteroatoms. The third kappa shape index (κ3) is 1.35.